The molecule has 334 valence electrons. The van der Waals surface area contributed by atoms with Crippen LogP contribution in [0.4, 0.5) is 5.69 Å². The van der Waals surface area contributed by atoms with Crippen molar-refractivity contribution < 1.29 is 48.1 Å². The fourth-order valence-electron chi connectivity index (χ4n) is 7.20. The van der Waals surface area contributed by atoms with E-state index in [4.69, 9.17) is 18.9 Å². The van der Waals surface area contributed by atoms with E-state index in [1.165, 1.54) is 24.3 Å². The van der Waals surface area contributed by atoms with Gasteiger partial charge < -0.3 is 44.4 Å². The van der Waals surface area contributed by atoms with Gasteiger partial charge in [-0.05, 0) is 165 Å². The Morgan fingerprint density at radius 2 is 0.851 bits per heavy atom. The Hall–Kier alpha value is -8.44. The maximum Gasteiger partial charge on any atom is 0.336 e. The van der Waals surface area contributed by atoms with Crippen LogP contribution < -0.4 is 45.5 Å². The highest BCUT2D eigenvalue weighted by Crippen LogP contribution is 2.43. The van der Waals surface area contributed by atoms with Crippen LogP contribution in [0.2, 0.25) is 0 Å². The Morgan fingerprint density at radius 1 is 0.463 bits per heavy atom. The molecule has 4 N–H and O–H groups in total. The van der Waals surface area contributed by atoms with E-state index in [1.807, 2.05) is 61.5 Å². The lowest BCUT2D eigenvalue weighted by Gasteiger charge is -2.21. The van der Waals surface area contributed by atoms with E-state index >= 15 is 4.57 Å². The zero-order chi connectivity index (χ0) is 46.9. The SMILES string of the molecule is CNCc1cc(Oc2ccc(P(=O)(c3ccccc3)c3ccc(Oc4ccc(C(=O)O)c(C(=O)Nc5ccc(Oc6ccc(Oc7ccc(C)cc7)cc6)cc5)c4)cc3)cc2)ccc1C(=O)O. The van der Waals surface area contributed by atoms with Gasteiger partial charge in [0.2, 0.25) is 0 Å². The van der Waals surface area contributed by atoms with Crippen LogP contribution in [0.3, 0.4) is 0 Å². The predicted molar refractivity (Wildman–Crippen MR) is 258 cm³/mol. The summed E-state index contributed by atoms with van der Waals surface area (Å²) >= 11 is 0. The number of carbonyl (C=O) groups is 3. The van der Waals surface area contributed by atoms with Gasteiger partial charge in [-0.25, -0.2) is 9.59 Å². The van der Waals surface area contributed by atoms with Crippen molar-refractivity contribution in [2.24, 2.45) is 0 Å². The van der Waals surface area contributed by atoms with E-state index in [9.17, 15) is 24.6 Å². The van der Waals surface area contributed by atoms with E-state index in [0.29, 0.717) is 68.2 Å². The van der Waals surface area contributed by atoms with Crippen LogP contribution in [-0.2, 0) is 11.1 Å². The number of aryl methyl sites for hydroxylation is 1. The standard InChI is InChI=1S/C54H43N2O10P/c1-35-8-12-38(13-9-35)63-40-16-18-41(19-17-40)64-39-14-10-37(11-15-39)56-52(57)51-33-45(25-31-50(51)54(60)61)66-43-22-28-48(29-23-43)67(62,46-6-4-3-5-7-46)47-26-20-42(21-27-47)65-44-24-30-49(53(58)59)36(32-44)34-55-2/h3-33,55H,34H2,1-2H3,(H,56,57)(H,58,59)(H,60,61). The molecule has 0 spiro atoms. The van der Waals surface area contributed by atoms with Crippen molar-refractivity contribution in [2.75, 3.05) is 12.4 Å². The number of anilines is 1. The molecule has 0 aliphatic carbocycles. The summed E-state index contributed by atoms with van der Waals surface area (Å²) in [5.41, 5.74) is 1.96. The third-order valence-corrected chi connectivity index (χ3v) is 13.6. The lowest BCUT2D eigenvalue weighted by Crippen LogP contribution is -2.24. The van der Waals surface area contributed by atoms with Gasteiger partial charge in [-0.2, -0.15) is 0 Å². The predicted octanol–water partition coefficient (Wildman–Crippen LogP) is 11.2. The summed E-state index contributed by atoms with van der Waals surface area (Å²) < 4.78 is 39.3. The van der Waals surface area contributed by atoms with E-state index in [1.54, 1.807) is 116 Å². The molecule has 0 bridgehead atoms. The first-order valence-corrected chi connectivity index (χ1v) is 22.7. The van der Waals surface area contributed by atoms with Gasteiger partial charge >= 0.3 is 11.9 Å². The minimum Gasteiger partial charge on any atom is -0.478 e. The summed E-state index contributed by atoms with van der Waals surface area (Å²) in [6, 6.07) is 53.3. The number of hydrogen-bond acceptors (Lipinski definition) is 9. The number of aromatic carboxylic acids is 2. The first-order valence-electron chi connectivity index (χ1n) is 21.0. The number of carbonyl (C=O) groups excluding carboxylic acids is 1. The summed E-state index contributed by atoms with van der Waals surface area (Å²) in [6.07, 6.45) is 0. The van der Waals surface area contributed by atoms with Gasteiger partial charge in [-0.3, -0.25) is 4.79 Å². The summed E-state index contributed by atoms with van der Waals surface area (Å²) in [6.45, 7) is 2.35. The van der Waals surface area contributed by atoms with Crippen molar-refractivity contribution >= 4 is 46.6 Å². The molecular formula is C54H43N2O10P. The molecule has 12 nitrogen and oxygen atoms in total. The van der Waals surface area contributed by atoms with Gasteiger partial charge in [0.15, 0.2) is 7.14 Å². The molecule has 1 unspecified atom stereocenters. The van der Waals surface area contributed by atoms with Gasteiger partial charge in [-0.1, -0.05) is 48.0 Å². The Kier molecular flexibility index (Phi) is 13.6. The Balaban J connectivity index is 0.948. The highest BCUT2D eigenvalue weighted by atomic mass is 31.2. The lowest BCUT2D eigenvalue weighted by atomic mass is 10.1. The van der Waals surface area contributed by atoms with Crippen LogP contribution in [0.15, 0.2) is 188 Å². The number of carboxylic acids is 2. The Labute approximate surface area is 386 Å². The van der Waals surface area contributed by atoms with E-state index in [0.717, 1.165) is 11.3 Å². The van der Waals surface area contributed by atoms with Crippen LogP contribution in [0.5, 0.6) is 46.0 Å². The highest BCUT2D eigenvalue weighted by molar-refractivity contribution is 7.85. The molecule has 0 aliphatic rings. The number of hydrogen-bond donors (Lipinski definition) is 4. The molecule has 0 saturated carbocycles. The van der Waals surface area contributed by atoms with Gasteiger partial charge in [0.1, 0.15) is 46.0 Å². The largest absolute Gasteiger partial charge is 0.478 e. The third kappa shape index (κ3) is 10.8. The number of carboxylic acid groups (broad SMARTS) is 2. The second-order valence-corrected chi connectivity index (χ2v) is 18.0. The molecule has 0 saturated heterocycles. The molecule has 8 aromatic carbocycles. The number of benzene rings is 8. The van der Waals surface area contributed by atoms with Crippen LogP contribution >= 0.6 is 7.14 Å². The maximum absolute atomic E-state index is 15.3. The average molecular weight is 911 g/mol. The Bertz CT molecular complexity index is 3090. The molecule has 0 radical (unpaired) electrons. The first-order chi connectivity index (χ1) is 32.4. The van der Waals surface area contributed by atoms with Gasteiger partial charge in [0.05, 0.1) is 16.7 Å². The maximum atomic E-state index is 15.3. The van der Waals surface area contributed by atoms with Crippen molar-refractivity contribution in [3.63, 3.8) is 0 Å². The van der Waals surface area contributed by atoms with E-state index < -0.39 is 25.0 Å². The zero-order valence-electron chi connectivity index (χ0n) is 36.2. The molecule has 67 heavy (non-hydrogen) atoms. The third-order valence-electron chi connectivity index (χ3n) is 10.6. The van der Waals surface area contributed by atoms with Crippen LogP contribution in [-0.4, -0.2) is 35.1 Å². The second kappa shape index (κ2) is 20.2. The fourth-order valence-corrected chi connectivity index (χ4v) is 9.83. The molecular weight excluding hydrogens is 868 g/mol. The second-order valence-electron chi connectivity index (χ2n) is 15.3. The Morgan fingerprint density at radius 3 is 1.33 bits per heavy atom. The summed E-state index contributed by atoms with van der Waals surface area (Å²) in [5.74, 6) is 0.995. The highest BCUT2D eigenvalue weighted by Gasteiger charge is 2.30. The van der Waals surface area contributed by atoms with Gasteiger partial charge in [-0.15, -0.1) is 0 Å². The smallest absolute Gasteiger partial charge is 0.336 e. The minimum absolute atomic E-state index is 0.119. The fraction of sp³-hybridized carbons (Fsp3) is 0.0556. The minimum atomic E-state index is -3.44. The van der Waals surface area contributed by atoms with Crippen molar-refractivity contribution in [2.45, 2.75) is 13.5 Å². The first kappa shape index (κ1) is 45.1. The normalized spacial score (nSPS) is 11.7. The number of ether oxygens (including phenoxy) is 4. The molecule has 8 aromatic rings. The van der Waals surface area contributed by atoms with Crippen LogP contribution in [0, 0.1) is 6.92 Å². The molecule has 8 rings (SSSR count). The number of amides is 1. The topological polar surface area (TPSA) is 170 Å². The molecule has 1 amide bonds. The summed E-state index contributed by atoms with van der Waals surface area (Å²) in [7, 11) is -1.71. The number of rotatable bonds is 17. The quantitative estimate of drug-likeness (QED) is 0.0641. The number of nitrogens with one attached hydrogen (secondary N) is 2. The van der Waals surface area contributed by atoms with Crippen LogP contribution in [0.1, 0.15) is 42.2 Å². The summed E-state index contributed by atoms with van der Waals surface area (Å²) in [5, 5.41) is 27.0. The van der Waals surface area contributed by atoms with Crippen molar-refractivity contribution in [1.82, 2.24) is 5.32 Å². The van der Waals surface area contributed by atoms with Crippen molar-refractivity contribution in [3.8, 4) is 46.0 Å². The van der Waals surface area contributed by atoms with Crippen molar-refractivity contribution in [1.29, 1.82) is 0 Å². The van der Waals surface area contributed by atoms with Gasteiger partial charge in [0.25, 0.3) is 5.91 Å². The monoisotopic (exact) mass is 910 g/mol. The zero-order valence-corrected chi connectivity index (χ0v) is 37.1. The molecule has 0 fully saturated rings. The molecule has 13 heteroatoms. The lowest BCUT2D eigenvalue weighted by molar-refractivity contribution is 0.0684. The summed E-state index contributed by atoms with van der Waals surface area (Å²) in [4.78, 5) is 37.5. The molecule has 0 aromatic heterocycles. The van der Waals surface area contributed by atoms with E-state index in [2.05, 4.69) is 10.6 Å². The molecule has 1 atom stereocenters. The molecule has 0 aliphatic heterocycles. The van der Waals surface area contributed by atoms with Gasteiger partial charge in [0, 0.05) is 28.1 Å². The van der Waals surface area contributed by atoms with Crippen LogP contribution in [0.25, 0.3) is 0 Å². The van der Waals surface area contributed by atoms with Crippen molar-refractivity contribution in [3.05, 3.63) is 216 Å². The average Bonchev–Trinajstić information content (AvgIpc) is 3.34. The molecule has 0 heterocycles. The van der Waals surface area contributed by atoms with E-state index in [-0.39, 0.29) is 22.4 Å².